The summed E-state index contributed by atoms with van der Waals surface area (Å²) in [5.74, 6) is -0.345. The Balaban J connectivity index is 2.44. The molecule has 1 heterocycles. The molecule has 94 valence electrons. The number of hydrogen-bond acceptors (Lipinski definition) is 2. The van der Waals surface area contributed by atoms with Crippen molar-refractivity contribution in [1.82, 2.24) is 10.3 Å². The molecule has 0 saturated carbocycles. The van der Waals surface area contributed by atoms with Crippen molar-refractivity contribution < 1.29 is 4.39 Å². The first-order valence-electron chi connectivity index (χ1n) is 5.80. The average molecular weight is 265 g/mol. The van der Waals surface area contributed by atoms with E-state index < -0.39 is 0 Å². The fourth-order valence-corrected chi connectivity index (χ4v) is 1.96. The van der Waals surface area contributed by atoms with Crippen LogP contribution in [0.5, 0.6) is 0 Å². The third-order valence-corrected chi connectivity index (χ3v) is 2.89. The Morgan fingerprint density at radius 1 is 1.28 bits per heavy atom. The van der Waals surface area contributed by atoms with E-state index in [9.17, 15) is 4.39 Å². The second kappa shape index (κ2) is 5.94. The lowest BCUT2D eigenvalue weighted by Gasteiger charge is -2.10. The van der Waals surface area contributed by atoms with Gasteiger partial charge in [0.2, 0.25) is 0 Å². The van der Waals surface area contributed by atoms with Crippen LogP contribution in [0.2, 0.25) is 5.02 Å². The highest BCUT2D eigenvalue weighted by Gasteiger charge is 2.07. The molecule has 1 aromatic carbocycles. The van der Waals surface area contributed by atoms with E-state index in [-0.39, 0.29) is 5.82 Å². The standard InChI is InChI=1S/C14H14ClFN2/c1-2-17-7-10-3-4-12(15)6-14(10)11-5-13(16)9-18-8-11/h3-6,8-9,17H,2,7H2,1H3. The first-order valence-corrected chi connectivity index (χ1v) is 6.18. The monoisotopic (exact) mass is 264 g/mol. The van der Waals surface area contributed by atoms with Crippen LogP contribution in [-0.4, -0.2) is 11.5 Å². The van der Waals surface area contributed by atoms with Crippen molar-refractivity contribution in [2.75, 3.05) is 6.54 Å². The van der Waals surface area contributed by atoms with E-state index in [1.54, 1.807) is 6.20 Å². The molecule has 1 N–H and O–H groups in total. The van der Waals surface area contributed by atoms with Gasteiger partial charge < -0.3 is 5.32 Å². The molecule has 1 aromatic heterocycles. The number of pyridine rings is 1. The summed E-state index contributed by atoms with van der Waals surface area (Å²) in [4.78, 5) is 3.87. The minimum absolute atomic E-state index is 0.345. The van der Waals surface area contributed by atoms with Gasteiger partial charge in [-0.2, -0.15) is 0 Å². The number of aromatic nitrogens is 1. The van der Waals surface area contributed by atoms with Crippen molar-refractivity contribution in [1.29, 1.82) is 0 Å². The van der Waals surface area contributed by atoms with Crippen molar-refractivity contribution in [2.45, 2.75) is 13.5 Å². The van der Waals surface area contributed by atoms with Crippen molar-refractivity contribution in [3.63, 3.8) is 0 Å². The summed E-state index contributed by atoms with van der Waals surface area (Å²) in [6.45, 7) is 3.64. The zero-order valence-electron chi connectivity index (χ0n) is 10.1. The fourth-order valence-electron chi connectivity index (χ4n) is 1.79. The summed E-state index contributed by atoms with van der Waals surface area (Å²) >= 11 is 6.01. The van der Waals surface area contributed by atoms with Gasteiger partial charge in [-0.3, -0.25) is 4.98 Å². The minimum atomic E-state index is -0.345. The van der Waals surface area contributed by atoms with Crippen LogP contribution < -0.4 is 5.32 Å². The van der Waals surface area contributed by atoms with Gasteiger partial charge in [0.1, 0.15) is 5.82 Å². The molecule has 0 unspecified atom stereocenters. The molecule has 0 spiro atoms. The molecule has 0 saturated heterocycles. The summed E-state index contributed by atoms with van der Waals surface area (Å²) in [6.07, 6.45) is 2.84. The fraction of sp³-hybridized carbons (Fsp3) is 0.214. The maximum absolute atomic E-state index is 13.2. The Kier molecular flexibility index (Phi) is 4.28. The molecule has 0 bridgehead atoms. The molecule has 0 amide bonds. The zero-order valence-corrected chi connectivity index (χ0v) is 10.8. The number of rotatable bonds is 4. The first-order chi connectivity index (χ1) is 8.70. The van der Waals surface area contributed by atoms with Crippen LogP contribution >= 0.6 is 11.6 Å². The molecule has 2 nitrogen and oxygen atoms in total. The van der Waals surface area contributed by atoms with Gasteiger partial charge in [0.25, 0.3) is 0 Å². The van der Waals surface area contributed by atoms with E-state index in [1.165, 1.54) is 12.3 Å². The van der Waals surface area contributed by atoms with E-state index >= 15 is 0 Å². The predicted molar refractivity (Wildman–Crippen MR) is 72.0 cm³/mol. The molecule has 18 heavy (non-hydrogen) atoms. The van der Waals surface area contributed by atoms with Gasteiger partial charge in [-0.25, -0.2) is 4.39 Å². The predicted octanol–water partition coefficient (Wildman–Crippen LogP) is 3.65. The molecular weight excluding hydrogens is 251 g/mol. The normalized spacial score (nSPS) is 10.6. The molecule has 0 aliphatic carbocycles. The van der Waals surface area contributed by atoms with Crippen molar-refractivity contribution in [3.8, 4) is 11.1 Å². The number of halogens is 2. The summed E-state index contributed by atoms with van der Waals surface area (Å²) in [7, 11) is 0. The summed E-state index contributed by atoms with van der Waals surface area (Å²) < 4.78 is 13.2. The van der Waals surface area contributed by atoms with E-state index in [0.29, 0.717) is 5.02 Å². The van der Waals surface area contributed by atoms with Crippen LogP contribution in [0.4, 0.5) is 4.39 Å². The van der Waals surface area contributed by atoms with Crippen molar-refractivity contribution in [3.05, 3.63) is 53.1 Å². The van der Waals surface area contributed by atoms with Gasteiger partial charge in [-0.05, 0) is 35.9 Å². The highest BCUT2D eigenvalue weighted by atomic mass is 35.5. The Morgan fingerprint density at radius 2 is 2.11 bits per heavy atom. The van der Waals surface area contributed by atoms with Gasteiger partial charge in [0.05, 0.1) is 6.20 Å². The van der Waals surface area contributed by atoms with Gasteiger partial charge in [-0.1, -0.05) is 24.6 Å². The van der Waals surface area contributed by atoms with Gasteiger partial charge in [0.15, 0.2) is 0 Å². The lowest BCUT2D eigenvalue weighted by molar-refractivity contribution is 0.622. The van der Waals surface area contributed by atoms with Crippen LogP contribution in [0.1, 0.15) is 12.5 Å². The molecule has 0 aliphatic heterocycles. The molecule has 0 atom stereocenters. The second-order valence-corrected chi connectivity index (χ2v) is 4.41. The molecule has 2 rings (SSSR count). The quantitative estimate of drug-likeness (QED) is 0.912. The smallest absolute Gasteiger partial charge is 0.142 e. The lowest BCUT2D eigenvalue weighted by Crippen LogP contribution is -2.12. The molecule has 0 fully saturated rings. The maximum Gasteiger partial charge on any atom is 0.142 e. The second-order valence-electron chi connectivity index (χ2n) is 3.97. The number of benzene rings is 1. The average Bonchev–Trinajstić information content (AvgIpc) is 2.37. The van der Waals surface area contributed by atoms with E-state index in [2.05, 4.69) is 10.3 Å². The highest BCUT2D eigenvalue weighted by Crippen LogP contribution is 2.27. The van der Waals surface area contributed by atoms with Gasteiger partial charge >= 0.3 is 0 Å². The van der Waals surface area contributed by atoms with E-state index in [1.807, 2.05) is 25.1 Å². The largest absolute Gasteiger partial charge is 0.313 e. The number of hydrogen-bond donors (Lipinski definition) is 1. The molecular formula is C14H14ClFN2. The first kappa shape index (κ1) is 13.0. The Morgan fingerprint density at radius 3 is 2.83 bits per heavy atom. The third kappa shape index (κ3) is 3.06. The summed E-state index contributed by atoms with van der Waals surface area (Å²) in [5, 5.41) is 3.89. The number of nitrogens with zero attached hydrogens (tertiary/aromatic N) is 1. The Bertz CT molecular complexity index is 543. The Labute approximate surface area is 111 Å². The molecule has 0 aliphatic rings. The van der Waals surface area contributed by atoms with Gasteiger partial charge in [-0.15, -0.1) is 0 Å². The van der Waals surface area contributed by atoms with E-state index in [0.717, 1.165) is 29.8 Å². The van der Waals surface area contributed by atoms with Crippen LogP contribution in [0.25, 0.3) is 11.1 Å². The topological polar surface area (TPSA) is 24.9 Å². The van der Waals surface area contributed by atoms with Crippen LogP contribution in [0, 0.1) is 5.82 Å². The van der Waals surface area contributed by atoms with Crippen LogP contribution in [0.15, 0.2) is 36.7 Å². The summed E-state index contributed by atoms with van der Waals surface area (Å²) in [6, 6.07) is 7.09. The molecule has 2 aromatic rings. The third-order valence-electron chi connectivity index (χ3n) is 2.65. The van der Waals surface area contributed by atoms with E-state index in [4.69, 9.17) is 11.6 Å². The van der Waals surface area contributed by atoms with Gasteiger partial charge in [0, 0.05) is 23.3 Å². The lowest BCUT2D eigenvalue weighted by atomic mass is 10.0. The highest BCUT2D eigenvalue weighted by molar-refractivity contribution is 6.30. The molecule has 4 heteroatoms. The molecule has 0 radical (unpaired) electrons. The minimum Gasteiger partial charge on any atom is -0.313 e. The summed E-state index contributed by atoms with van der Waals surface area (Å²) in [5.41, 5.74) is 2.73. The van der Waals surface area contributed by atoms with Crippen LogP contribution in [-0.2, 0) is 6.54 Å². The Hall–Kier alpha value is -1.45. The van der Waals surface area contributed by atoms with Crippen LogP contribution in [0.3, 0.4) is 0 Å². The van der Waals surface area contributed by atoms with Crippen molar-refractivity contribution >= 4 is 11.6 Å². The number of nitrogens with one attached hydrogen (secondary N) is 1. The maximum atomic E-state index is 13.2. The SMILES string of the molecule is CCNCc1ccc(Cl)cc1-c1cncc(F)c1. The zero-order chi connectivity index (χ0) is 13.0. The van der Waals surface area contributed by atoms with Crippen molar-refractivity contribution in [2.24, 2.45) is 0 Å².